The van der Waals surface area contributed by atoms with E-state index >= 15 is 0 Å². The number of aromatic nitrogens is 1. The predicted octanol–water partition coefficient (Wildman–Crippen LogP) is 3.49. The Bertz CT molecular complexity index is 1270. The lowest BCUT2D eigenvalue weighted by Crippen LogP contribution is -2.34. The fourth-order valence-electron chi connectivity index (χ4n) is 3.38. The summed E-state index contributed by atoms with van der Waals surface area (Å²) in [4.78, 5) is 13.2. The van der Waals surface area contributed by atoms with Gasteiger partial charge in [0.25, 0.3) is 5.56 Å². The number of amidine groups is 1. The van der Waals surface area contributed by atoms with E-state index in [4.69, 9.17) is 0 Å². The number of rotatable bonds is 6. The molecule has 2 aromatic rings. The van der Waals surface area contributed by atoms with Gasteiger partial charge in [0, 0.05) is 17.8 Å². The average Bonchev–Trinajstić information content (AvgIpc) is 2.65. The molecule has 32 heavy (non-hydrogen) atoms. The van der Waals surface area contributed by atoms with Crippen molar-refractivity contribution in [2.75, 3.05) is 16.3 Å². The summed E-state index contributed by atoms with van der Waals surface area (Å²) in [6.07, 6.45) is 1.73. The Morgan fingerprint density at radius 3 is 2.50 bits per heavy atom. The average molecular weight is 485 g/mol. The molecule has 0 bridgehead atoms. The Morgan fingerprint density at radius 1 is 1.25 bits per heavy atom. The molecule has 0 aliphatic carbocycles. The molecule has 0 spiro atoms. The zero-order valence-corrected chi connectivity index (χ0v) is 20.1. The summed E-state index contributed by atoms with van der Waals surface area (Å²) in [5.74, 6) is -0.0867. The van der Waals surface area contributed by atoms with E-state index in [1.54, 1.807) is 18.4 Å². The molecule has 0 unspecified atom stereocenters. The highest BCUT2D eigenvalue weighted by Gasteiger charge is 2.31. The van der Waals surface area contributed by atoms with Gasteiger partial charge in [0.1, 0.15) is 16.2 Å². The van der Waals surface area contributed by atoms with Crippen molar-refractivity contribution in [1.29, 1.82) is 0 Å². The normalized spacial score (nSPS) is 16.2. The molecule has 1 aliphatic heterocycles. The fraction of sp³-hybridized carbons (Fsp3) is 0.400. The van der Waals surface area contributed by atoms with Crippen LogP contribution in [0.25, 0.3) is 0 Å². The van der Waals surface area contributed by atoms with Gasteiger partial charge in [-0.2, -0.15) is 0 Å². The molecular formula is C20H28N4O6S2. The van der Waals surface area contributed by atoms with Gasteiger partial charge in [-0.15, -0.1) is 4.40 Å². The van der Waals surface area contributed by atoms with Crippen LogP contribution >= 0.6 is 10.8 Å². The van der Waals surface area contributed by atoms with Crippen LogP contribution in [0.3, 0.4) is 0 Å². The number of hydrogen-bond donors (Lipinski definition) is 5. The molecule has 12 heteroatoms. The minimum atomic E-state index is -3.78. The number of sulfonamides is 1. The van der Waals surface area contributed by atoms with Crippen molar-refractivity contribution < 1.29 is 22.6 Å². The Hall–Kier alpha value is -2.54. The fourth-order valence-corrected chi connectivity index (χ4v) is 5.13. The maximum absolute atomic E-state index is 13.3. The van der Waals surface area contributed by atoms with Gasteiger partial charge in [-0.05, 0) is 44.4 Å². The summed E-state index contributed by atoms with van der Waals surface area (Å²) in [5, 5.41) is 13.6. The second-order valence-corrected chi connectivity index (χ2v) is 11.7. The van der Waals surface area contributed by atoms with E-state index in [9.17, 15) is 27.4 Å². The van der Waals surface area contributed by atoms with Crippen LogP contribution in [0, 0.1) is 19.8 Å². The second kappa shape index (κ2) is 8.43. The Balaban J connectivity index is 2.12. The van der Waals surface area contributed by atoms with Crippen molar-refractivity contribution in [1.82, 2.24) is 4.57 Å². The largest absolute Gasteiger partial charge is 0.507 e. The van der Waals surface area contributed by atoms with E-state index < -0.39 is 26.4 Å². The quantitative estimate of drug-likeness (QED) is 0.421. The van der Waals surface area contributed by atoms with Gasteiger partial charge in [-0.25, -0.2) is 8.42 Å². The van der Waals surface area contributed by atoms with Crippen molar-refractivity contribution in [2.45, 2.75) is 45.6 Å². The SMILES string of the molecule is Cc1c(O)c(C2=NS(O)(O)c3cc(NS(C)(=O)=O)ccc3N2)c(=O)n(CCC(C)C)c1C. The third-order valence-corrected chi connectivity index (χ3v) is 7.19. The summed E-state index contributed by atoms with van der Waals surface area (Å²) in [6, 6.07) is 4.15. The third-order valence-electron chi connectivity index (χ3n) is 5.22. The van der Waals surface area contributed by atoms with Crippen LogP contribution in [0.15, 0.2) is 32.3 Å². The topological polar surface area (TPSA) is 153 Å². The number of pyridine rings is 1. The van der Waals surface area contributed by atoms with E-state index in [1.165, 1.54) is 18.2 Å². The smallest absolute Gasteiger partial charge is 0.265 e. The monoisotopic (exact) mass is 484 g/mol. The highest BCUT2D eigenvalue weighted by molar-refractivity contribution is 8.23. The molecule has 1 aromatic heterocycles. The van der Waals surface area contributed by atoms with Gasteiger partial charge in [-0.3, -0.25) is 18.6 Å². The zero-order chi connectivity index (χ0) is 24.0. The molecule has 0 atom stereocenters. The van der Waals surface area contributed by atoms with Gasteiger partial charge in [0.05, 0.1) is 17.6 Å². The summed E-state index contributed by atoms with van der Waals surface area (Å²) in [5.41, 5.74) is 0.837. The molecule has 0 amide bonds. The molecule has 2 heterocycles. The molecule has 3 rings (SSSR count). The van der Waals surface area contributed by atoms with E-state index in [2.05, 4.69) is 14.4 Å². The molecule has 5 N–H and O–H groups in total. The van der Waals surface area contributed by atoms with Crippen LogP contribution in [0.1, 0.15) is 37.1 Å². The first kappa shape index (κ1) is 24.1. The predicted molar refractivity (Wildman–Crippen MR) is 127 cm³/mol. The van der Waals surface area contributed by atoms with Crippen LogP contribution in [0.2, 0.25) is 0 Å². The van der Waals surface area contributed by atoms with E-state index in [-0.39, 0.29) is 33.4 Å². The van der Waals surface area contributed by atoms with E-state index in [0.717, 1.165) is 12.7 Å². The lowest BCUT2D eigenvalue weighted by atomic mass is 10.1. The van der Waals surface area contributed by atoms with E-state index in [1.807, 2.05) is 13.8 Å². The molecule has 1 aliphatic rings. The number of hydrogen-bond acceptors (Lipinski definition) is 8. The molecule has 0 saturated carbocycles. The van der Waals surface area contributed by atoms with Crippen molar-refractivity contribution in [3.05, 3.63) is 45.4 Å². The van der Waals surface area contributed by atoms with E-state index in [0.29, 0.717) is 23.7 Å². The van der Waals surface area contributed by atoms with Crippen molar-refractivity contribution in [3.63, 3.8) is 0 Å². The highest BCUT2D eigenvalue weighted by Crippen LogP contribution is 2.56. The molecule has 0 fully saturated rings. The Labute approximate surface area is 188 Å². The number of nitrogens with one attached hydrogen (secondary N) is 2. The molecule has 0 radical (unpaired) electrons. The number of fused-ring (bicyclic) bond motifs is 1. The first-order valence-electron chi connectivity index (χ1n) is 9.91. The van der Waals surface area contributed by atoms with Gasteiger partial charge in [0.2, 0.25) is 10.0 Å². The Morgan fingerprint density at radius 2 is 1.91 bits per heavy atom. The first-order valence-corrected chi connectivity index (χ1v) is 13.3. The minimum absolute atomic E-state index is 0.0293. The van der Waals surface area contributed by atoms with Crippen molar-refractivity contribution >= 4 is 38.0 Å². The maximum Gasteiger partial charge on any atom is 0.265 e. The molecule has 10 nitrogen and oxygen atoms in total. The molecule has 0 saturated heterocycles. The number of aromatic hydroxyl groups is 1. The maximum atomic E-state index is 13.3. The number of nitrogens with zero attached hydrogens (tertiary/aromatic N) is 2. The first-order chi connectivity index (χ1) is 14.7. The standard InChI is InChI=1S/C20H28N4O6S2/c1-11(2)8-9-24-13(4)12(3)18(25)17(20(24)26)19-21-15-7-6-14(22-31(5,27)28)10-16(15)32(29,30)23-19/h6-7,10-11,22,25,29-30H,8-9H2,1-5H3,(H,21,23). The minimum Gasteiger partial charge on any atom is -0.507 e. The summed E-state index contributed by atoms with van der Waals surface area (Å²) in [7, 11) is -7.35. The van der Waals surface area contributed by atoms with Gasteiger partial charge < -0.3 is 15.0 Å². The van der Waals surface area contributed by atoms with Crippen LogP contribution in [0.5, 0.6) is 5.75 Å². The molecule has 176 valence electrons. The number of anilines is 2. The van der Waals surface area contributed by atoms with Crippen LogP contribution in [-0.2, 0) is 16.6 Å². The second-order valence-electron chi connectivity index (χ2n) is 8.24. The molecular weight excluding hydrogens is 456 g/mol. The summed E-state index contributed by atoms with van der Waals surface area (Å²) in [6.45, 7) is 7.95. The third kappa shape index (κ3) is 4.77. The van der Waals surface area contributed by atoms with Gasteiger partial charge >= 0.3 is 0 Å². The van der Waals surface area contributed by atoms with Crippen molar-refractivity contribution in [3.8, 4) is 5.75 Å². The van der Waals surface area contributed by atoms with Crippen LogP contribution < -0.4 is 15.6 Å². The van der Waals surface area contributed by atoms with Crippen molar-refractivity contribution in [2.24, 2.45) is 10.3 Å². The lowest BCUT2D eigenvalue weighted by molar-refractivity contribution is 0.455. The zero-order valence-electron chi connectivity index (χ0n) is 18.5. The highest BCUT2D eigenvalue weighted by atomic mass is 32.3. The van der Waals surface area contributed by atoms with Gasteiger partial charge in [0.15, 0.2) is 5.84 Å². The molecule has 1 aromatic carbocycles. The lowest BCUT2D eigenvalue weighted by Gasteiger charge is -2.34. The summed E-state index contributed by atoms with van der Waals surface area (Å²) < 4.78 is 52.1. The van der Waals surface area contributed by atoms with Crippen LogP contribution in [0.4, 0.5) is 11.4 Å². The number of benzene rings is 1. The summed E-state index contributed by atoms with van der Waals surface area (Å²) >= 11 is 0. The van der Waals surface area contributed by atoms with Gasteiger partial charge in [-0.1, -0.05) is 24.6 Å². The Kier molecular flexibility index (Phi) is 6.35. The van der Waals surface area contributed by atoms with Crippen LogP contribution in [-0.4, -0.2) is 39.3 Å².